The molecule has 3 N–H and O–H groups in total. The molecule has 9 heteroatoms. The van der Waals surface area contributed by atoms with Gasteiger partial charge < -0.3 is 19.5 Å². The van der Waals surface area contributed by atoms with Crippen LogP contribution in [0, 0.1) is 11.3 Å². The van der Waals surface area contributed by atoms with E-state index in [2.05, 4.69) is 5.32 Å². The van der Waals surface area contributed by atoms with Crippen LogP contribution >= 0.6 is 0 Å². The molecule has 0 bridgehead atoms. The normalized spacial score (nSPS) is 15.7. The molecular weight excluding hydrogens is 426 g/mol. The molecule has 0 spiro atoms. The number of rotatable bonds is 10. The molecule has 2 rings (SSSR count). The lowest BCUT2D eigenvalue weighted by molar-refractivity contribution is -0.168. The van der Waals surface area contributed by atoms with Crippen LogP contribution in [0.4, 0.5) is 4.79 Å². The highest BCUT2D eigenvalue weighted by atomic mass is 16.7. The molecule has 2 unspecified atom stereocenters. The number of carbonyl (C=O) groups is 3. The fourth-order valence-electron chi connectivity index (χ4n) is 4.08. The number of nitrogens with zero attached hydrogens (tertiary/aromatic N) is 1. The number of aryl methyl sites for hydroxylation is 1. The van der Waals surface area contributed by atoms with Gasteiger partial charge in [-0.25, -0.2) is 9.59 Å². The van der Waals surface area contributed by atoms with E-state index in [4.69, 9.17) is 14.9 Å². The molecule has 1 aromatic carbocycles. The Labute approximate surface area is 194 Å². The first-order chi connectivity index (χ1) is 15.8. The Kier molecular flexibility index (Phi) is 10.7. The van der Waals surface area contributed by atoms with Gasteiger partial charge in [0.15, 0.2) is 0 Å². The molecule has 1 aromatic rings. The minimum Gasteiger partial charge on any atom is -0.480 e. The Morgan fingerprint density at radius 2 is 1.82 bits per heavy atom. The SMILES string of the molecule is CCCC(OC(=O)CCc1ccccc1)OC(=O)NC(=N)N(C)C(C(=O)O)C1CCCCC1. The second-order valence-corrected chi connectivity index (χ2v) is 8.36. The first kappa shape index (κ1) is 26.2. The average Bonchev–Trinajstić information content (AvgIpc) is 2.79. The van der Waals surface area contributed by atoms with E-state index in [9.17, 15) is 19.5 Å². The molecule has 0 aromatic heterocycles. The molecule has 182 valence electrons. The summed E-state index contributed by atoms with van der Waals surface area (Å²) in [5, 5.41) is 20.1. The quantitative estimate of drug-likeness (QED) is 0.208. The van der Waals surface area contributed by atoms with E-state index in [1.807, 2.05) is 37.3 Å². The second-order valence-electron chi connectivity index (χ2n) is 8.36. The summed E-state index contributed by atoms with van der Waals surface area (Å²) in [6.45, 7) is 1.86. The molecule has 0 radical (unpaired) electrons. The van der Waals surface area contributed by atoms with Gasteiger partial charge in [-0.1, -0.05) is 56.5 Å². The number of benzene rings is 1. The van der Waals surface area contributed by atoms with Crippen LogP contribution in [0.25, 0.3) is 0 Å². The van der Waals surface area contributed by atoms with Crippen molar-refractivity contribution in [2.24, 2.45) is 5.92 Å². The molecule has 9 nitrogen and oxygen atoms in total. The average molecular weight is 462 g/mol. The molecular formula is C24H35N3O6. The minimum absolute atomic E-state index is 0.0853. The predicted octanol–water partition coefficient (Wildman–Crippen LogP) is 3.91. The van der Waals surface area contributed by atoms with Crippen LogP contribution in [0.2, 0.25) is 0 Å². The van der Waals surface area contributed by atoms with Crippen LogP contribution in [0.3, 0.4) is 0 Å². The zero-order valence-corrected chi connectivity index (χ0v) is 19.4. The van der Waals surface area contributed by atoms with E-state index in [-0.39, 0.29) is 18.3 Å². The highest BCUT2D eigenvalue weighted by Crippen LogP contribution is 2.28. The van der Waals surface area contributed by atoms with Crippen LogP contribution in [-0.4, -0.2) is 53.4 Å². The zero-order chi connectivity index (χ0) is 24.2. The van der Waals surface area contributed by atoms with Gasteiger partial charge in [-0.05, 0) is 37.2 Å². The highest BCUT2D eigenvalue weighted by molar-refractivity contribution is 5.94. The minimum atomic E-state index is -1.08. The lowest BCUT2D eigenvalue weighted by Crippen LogP contribution is -2.53. The van der Waals surface area contributed by atoms with E-state index in [1.54, 1.807) is 0 Å². The number of alkyl carbamates (subject to hydrolysis) is 1. The number of aliphatic carboxylic acids is 1. The van der Waals surface area contributed by atoms with Crippen LogP contribution in [-0.2, 0) is 25.5 Å². The number of amides is 1. The predicted molar refractivity (Wildman–Crippen MR) is 123 cm³/mol. The Bertz CT molecular complexity index is 795. The third-order valence-electron chi connectivity index (χ3n) is 5.83. The summed E-state index contributed by atoms with van der Waals surface area (Å²) in [7, 11) is 1.48. The number of esters is 1. The van der Waals surface area contributed by atoms with Crippen molar-refractivity contribution in [3.8, 4) is 0 Å². The summed E-state index contributed by atoms with van der Waals surface area (Å²) in [6, 6.07) is 8.61. The van der Waals surface area contributed by atoms with E-state index in [1.165, 1.54) is 11.9 Å². The van der Waals surface area contributed by atoms with Gasteiger partial charge in [0.25, 0.3) is 0 Å². The highest BCUT2D eigenvalue weighted by Gasteiger charge is 2.34. The molecule has 1 fully saturated rings. The molecule has 1 aliphatic rings. The number of hydrogen-bond acceptors (Lipinski definition) is 6. The number of ether oxygens (including phenoxy) is 2. The van der Waals surface area contributed by atoms with Crippen LogP contribution in [0.5, 0.6) is 0 Å². The second kappa shape index (κ2) is 13.4. The number of hydrogen-bond donors (Lipinski definition) is 3. The summed E-state index contributed by atoms with van der Waals surface area (Å²) in [5.41, 5.74) is 1.00. The molecule has 1 saturated carbocycles. The van der Waals surface area contributed by atoms with Crippen LogP contribution in [0.1, 0.15) is 63.9 Å². The maximum atomic E-state index is 12.3. The number of carbonyl (C=O) groups excluding carboxylic acids is 2. The first-order valence-electron chi connectivity index (χ1n) is 11.6. The summed E-state index contributed by atoms with van der Waals surface area (Å²) in [5.74, 6) is -1.97. The maximum absolute atomic E-state index is 12.3. The van der Waals surface area contributed by atoms with Crippen molar-refractivity contribution in [3.05, 3.63) is 35.9 Å². The van der Waals surface area contributed by atoms with E-state index in [0.717, 1.165) is 37.7 Å². The van der Waals surface area contributed by atoms with Gasteiger partial charge in [0.05, 0.1) is 0 Å². The summed E-state index contributed by atoms with van der Waals surface area (Å²) in [4.78, 5) is 37.6. The largest absolute Gasteiger partial charge is 0.480 e. The Morgan fingerprint density at radius 1 is 1.15 bits per heavy atom. The molecule has 0 heterocycles. The lowest BCUT2D eigenvalue weighted by Gasteiger charge is -2.34. The van der Waals surface area contributed by atoms with Crippen molar-refractivity contribution in [1.82, 2.24) is 10.2 Å². The third-order valence-corrected chi connectivity index (χ3v) is 5.83. The fourth-order valence-corrected chi connectivity index (χ4v) is 4.08. The van der Waals surface area contributed by atoms with Gasteiger partial charge in [0.1, 0.15) is 6.04 Å². The third kappa shape index (κ3) is 8.75. The van der Waals surface area contributed by atoms with Gasteiger partial charge >= 0.3 is 18.0 Å². The van der Waals surface area contributed by atoms with Crippen molar-refractivity contribution in [2.45, 2.75) is 77.0 Å². The lowest BCUT2D eigenvalue weighted by atomic mass is 9.83. The Morgan fingerprint density at radius 3 is 2.42 bits per heavy atom. The van der Waals surface area contributed by atoms with E-state index < -0.39 is 30.4 Å². The van der Waals surface area contributed by atoms with Crippen LogP contribution < -0.4 is 5.32 Å². The zero-order valence-electron chi connectivity index (χ0n) is 19.4. The van der Waals surface area contributed by atoms with Gasteiger partial charge in [-0.3, -0.25) is 15.5 Å². The molecule has 2 atom stereocenters. The standard InChI is InChI=1S/C24H35N3O6/c1-3-10-20(32-19(28)16-15-17-11-6-4-7-12-17)33-24(31)26-23(25)27(2)21(22(29)30)18-13-8-5-9-14-18/h4,6-7,11-12,18,20-21H,3,5,8-10,13-16H2,1-2H3,(H,29,30)(H2,25,26,31). The maximum Gasteiger partial charge on any atom is 0.417 e. The number of guanidine groups is 1. The van der Waals surface area contributed by atoms with Crippen molar-refractivity contribution in [1.29, 1.82) is 5.41 Å². The molecule has 33 heavy (non-hydrogen) atoms. The Hall–Kier alpha value is -3.10. The molecule has 1 amide bonds. The molecule has 0 aliphatic heterocycles. The van der Waals surface area contributed by atoms with Crippen molar-refractivity contribution < 1.29 is 29.0 Å². The number of likely N-dealkylation sites (N-methyl/N-ethyl adjacent to an activating group) is 1. The van der Waals surface area contributed by atoms with Crippen molar-refractivity contribution in [3.63, 3.8) is 0 Å². The number of nitrogens with one attached hydrogen (secondary N) is 2. The van der Waals surface area contributed by atoms with Crippen LogP contribution in [0.15, 0.2) is 30.3 Å². The Balaban J connectivity index is 1.87. The fraction of sp³-hybridized carbons (Fsp3) is 0.583. The monoisotopic (exact) mass is 461 g/mol. The van der Waals surface area contributed by atoms with Gasteiger partial charge in [0.2, 0.25) is 12.2 Å². The summed E-state index contributed by atoms with van der Waals surface area (Å²) >= 11 is 0. The molecule has 1 aliphatic carbocycles. The van der Waals surface area contributed by atoms with E-state index >= 15 is 0 Å². The smallest absolute Gasteiger partial charge is 0.417 e. The molecule has 0 saturated heterocycles. The van der Waals surface area contributed by atoms with Crippen molar-refractivity contribution >= 4 is 24.0 Å². The summed E-state index contributed by atoms with van der Waals surface area (Å²) < 4.78 is 10.5. The first-order valence-corrected chi connectivity index (χ1v) is 11.6. The van der Waals surface area contributed by atoms with Gasteiger partial charge in [-0.2, -0.15) is 0 Å². The van der Waals surface area contributed by atoms with Gasteiger partial charge in [-0.15, -0.1) is 0 Å². The van der Waals surface area contributed by atoms with Gasteiger partial charge in [0, 0.05) is 19.9 Å². The van der Waals surface area contributed by atoms with Crippen molar-refractivity contribution in [2.75, 3.05) is 7.05 Å². The van der Waals surface area contributed by atoms with E-state index in [0.29, 0.717) is 19.3 Å². The number of carboxylic acid groups (broad SMARTS) is 1. The topological polar surface area (TPSA) is 129 Å². The summed E-state index contributed by atoms with van der Waals surface area (Å²) in [6.07, 6.45) is 4.09. The number of carboxylic acids is 1.